The van der Waals surface area contributed by atoms with Crippen LogP contribution >= 0.6 is 0 Å². The van der Waals surface area contributed by atoms with Gasteiger partial charge in [-0.15, -0.1) is 0 Å². The predicted molar refractivity (Wildman–Crippen MR) is 75.4 cm³/mol. The first kappa shape index (κ1) is 14.7. The maximum absolute atomic E-state index is 11.5. The Morgan fingerprint density at radius 2 is 2.00 bits per heavy atom. The molecule has 0 aliphatic carbocycles. The first-order valence-electron chi connectivity index (χ1n) is 6.66. The molecule has 0 saturated carbocycles. The fourth-order valence-corrected chi connectivity index (χ4v) is 1.74. The highest BCUT2D eigenvalue weighted by atomic mass is 16.1. The molecule has 1 amide bonds. The van der Waals surface area contributed by atoms with Crippen LogP contribution in [0.1, 0.15) is 37.3 Å². The number of nitrogens with one attached hydrogen (secondary N) is 1. The summed E-state index contributed by atoms with van der Waals surface area (Å²) in [4.78, 5) is 11.5. The van der Waals surface area contributed by atoms with E-state index in [0.717, 1.165) is 19.3 Å². The van der Waals surface area contributed by atoms with Gasteiger partial charge in [-0.2, -0.15) is 0 Å². The van der Waals surface area contributed by atoms with Gasteiger partial charge in [-0.3, -0.25) is 4.79 Å². The van der Waals surface area contributed by atoms with Crippen LogP contribution in [0, 0.1) is 6.92 Å². The minimum atomic E-state index is 0.128. The van der Waals surface area contributed by atoms with Crippen LogP contribution in [-0.2, 0) is 11.2 Å². The monoisotopic (exact) mass is 248 g/mol. The Morgan fingerprint density at radius 1 is 1.33 bits per heavy atom. The normalized spacial score (nSPS) is 12.2. The van der Waals surface area contributed by atoms with Crippen molar-refractivity contribution in [1.29, 1.82) is 0 Å². The van der Waals surface area contributed by atoms with Gasteiger partial charge in [-0.05, 0) is 38.7 Å². The summed E-state index contributed by atoms with van der Waals surface area (Å²) >= 11 is 0. The topological polar surface area (TPSA) is 55.1 Å². The molecule has 0 saturated heterocycles. The molecule has 0 aromatic heterocycles. The van der Waals surface area contributed by atoms with Crippen molar-refractivity contribution in [2.24, 2.45) is 5.73 Å². The van der Waals surface area contributed by atoms with E-state index < -0.39 is 0 Å². The predicted octanol–water partition coefficient (Wildman–Crippen LogP) is 2.17. The summed E-state index contributed by atoms with van der Waals surface area (Å²) in [5.74, 6) is 0.128. The molecule has 3 N–H and O–H groups in total. The molecule has 0 bridgehead atoms. The number of aryl methyl sites for hydroxylation is 2. The van der Waals surface area contributed by atoms with E-state index in [0.29, 0.717) is 13.0 Å². The van der Waals surface area contributed by atoms with Crippen LogP contribution in [0.5, 0.6) is 0 Å². The number of nitrogens with two attached hydrogens (primary N) is 1. The number of carbonyl (C=O) groups is 1. The summed E-state index contributed by atoms with van der Waals surface area (Å²) in [6, 6.07) is 8.63. The van der Waals surface area contributed by atoms with Crippen molar-refractivity contribution in [3.8, 4) is 0 Å². The average molecular weight is 248 g/mol. The number of carbonyl (C=O) groups excluding carboxylic acids is 1. The van der Waals surface area contributed by atoms with E-state index in [1.54, 1.807) is 0 Å². The maximum Gasteiger partial charge on any atom is 0.220 e. The lowest BCUT2D eigenvalue weighted by atomic mass is 10.1. The highest BCUT2D eigenvalue weighted by Gasteiger charge is 2.02. The van der Waals surface area contributed by atoms with Crippen molar-refractivity contribution >= 4 is 5.91 Å². The van der Waals surface area contributed by atoms with Crippen molar-refractivity contribution < 1.29 is 4.79 Å². The Morgan fingerprint density at radius 3 is 2.61 bits per heavy atom. The number of hydrogen-bond acceptors (Lipinski definition) is 2. The molecular formula is C15H24N2O. The van der Waals surface area contributed by atoms with E-state index in [4.69, 9.17) is 5.73 Å². The Kier molecular flexibility index (Phi) is 6.44. The van der Waals surface area contributed by atoms with Crippen molar-refractivity contribution in [2.45, 2.75) is 45.6 Å². The second-order valence-electron chi connectivity index (χ2n) is 4.96. The molecule has 1 rings (SSSR count). The van der Waals surface area contributed by atoms with Crippen molar-refractivity contribution in [3.05, 3.63) is 35.4 Å². The third kappa shape index (κ3) is 6.40. The van der Waals surface area contributed by atoms with Crippen LogP contribution in [0.2, 0.25) is 0 Å². The van der Waals surface area contributed by atoms with Crippen LogP contribution in [0.3, 0.4) is 0 Å². The lowest BCUT2D eigenvalue weighted by Gasteiger charge is -2.07. The van der Waals surface area contributed by atoms with Gasteiger partial charge in [0.1, 0.15) is 0 Å². The summed E-state index contributed by atoms with van der Waals surface area (Å²) < 4.78 is 0. The smallest absolute Gasteiger partial charge is 0.220 e. The molecule has 0 aliphatic rings. The molecule has 18 heavy (non-hydrogen) atoms. The second kappa shape index (κ2) is 7.88. The summed E-state index contributed by atoms with van der Waals surface area (Å²) in [6.45, 7) is 4.71. The molecule has 0 aliphatic heterocycles. The van der Waals surface area contributed by atoms with E-state index in [-0.39, 0.29) is 11.9 Å². The van der Waals surface area contributed by atoms with Gasteiger partial charge in [0.25, 0.3) is 0 Å². The van der Waals surface area contributed by atoms with E-state index in [9.17, 15) is 4.79 Å². The highest BCUT2D eigenvalue weighted by Crippen LogP contribution is 2.07. The molecule has 0 fully saturated rings. The Balaban J connectivity index is 2.13. The zero-order valence-electron chi connectivity index (χ0n) is 11.4. The third-order valence-electron chi connectivity index (χ3n) is 2.91. The van der Waals surface area contributed by atoms with E-state index in [1.807, 2.05) is 6.92 Å². The molecule has 100 valence electrons. The zero-order valence-corrected chi connectivity index (χ0v) is 11.4. The summed E-state index contributed by atoms with van der Waals surface area (Å²) in [7, 11) is 0. The lowest BCUT2D eigenvalue weighted by molar-refractivity contribution is -0.121. The third-order valence-corrected chi connectivity index (χ3v) is 2.91. The van der Waals surface area contributed by atoms with Crippen molar-refractivity contribution in [3.63, 3.8) is 0 Å². The standard InChI is InChI=1S/C15H24N2O/c1-12-6-8-14(9-7-12)4-3-5-15(18)17-11-10-13(2)16/h6-9,13H,3-5,10-11,16H2,1-2H3,(H,17,18). The number of rotatable bonds is 7. The molecule has 1 atom stereocenters. The lowest BCUT2D eigenvalue weighted by Crippen LogP contribution is -2.28. The Labute approximate surface area is 110 Å². The Hall–Kier alpha value is -1.35. The van der Waals surface area contributed by atoms with E-state index in [1.165, 1.54) is 11.1 Å². The molecule has 0 radical (unpaired) electrons. The molecule has 3 heteroatoms. The van der Waals surface area contributed by atoms with E-state index >= 15 is 0 Å². The highest BCUT2D eigenvalue weighted by molar-refractivity contribution is 5.75. The summed E-state index contributed by atoms with van der Waals surface area (Å²) in [6.07, 6.45) is 3.28. The first-order valence-corrected chi connectivity index (χ1v) is 6.66. The van der Waals surface area contributed by atoms with E-state index in [2.05, 4.69) is 36.5 Å². The van der Waals surface area contributed by atoms with Crippen LogP contribution in [0.4, 0.5) is 0 Å². The van der Waals surface area contributed by atoms with Gasteiger partial charge in [0, 0.05) is 19.0 Å². The molecular weight excluding hydrogens is 224 g/mol. The summed E-state index contributed by atoms with van der Waals surface area (Å²) in [5.41, 5.74) is 8.18. The van der Waals surface area contributed by atoms with Gasteiger partial charge in [0.15, 0.2) is 0 Å². The number of benzene rings is 1. The van der Waals surface area contributed by atoms with Crippen molar-refractivity contribution in [1.82, 2.24) is 5.32 Å². The summed E-state index contributed by atoms with van der Waals surface area (Å²) in [5, 5.41) is 2.89. The van der Waals surface area contributed by atoms with Crippen molar-refractivity contribution in [2.75, 3.05) is 6.54 Å². The van der Waals surface area contributed by atoms with Gasteiger partial charge in [-0.25, -0.2) is 0 Å². The van der Waals surface area contributed by atoms with Gasteiger partial charge in [0.2, 0.25) is 5.91 Å². The fourth-order valence-electron chi connectivity index (χ4n) is 1.74. The Bertz CT molecular complexity index is 357. The molecule has 0 spiro atoms. The van der Waals surface area contributed by atoms with Gasteiger partial charge < -0.3 is 11.1 Å². The quantitative estimate of drug-likeness (QED) is 0.777. The minimum Gasteiger partial charge on any atom is -0.356 e. The average Bonchev–Trinajstić information content (AvgIpc) is 2.31. The molecule has 3 nitrogen and oxygen atoms in total. The van der Waals surface area contributed by atoms with Gasteiger partial charge in [0.05, 0.1) is 0 Å². The van der Waals surface area contributed by atoms with Crippen LogP contribution in [-0.4, -0.2) is 18.5 Å². The zero-order chi connectivity index (χ0) is 13.4. The molecule has 1 unspecified atom stereocenters. The van der Waals surface area contributed by atoms with Gasteiger partial charge in [-0.1, -0.05) is 29.8 Å². The minimum absolute atomic E-state index is 0.128. The van der Waals surface area contributed by atoms with Gasteiger partial charge >= 0.3 is 0 Å². The number of amides is 1. The number of hydrogen-bond donors (Lipinski definition) is 2. The molecule has 0 heterocycles. The molecule has 1 aromatic rings. The second-order valence-corrected chi connectivity index (χ2v) is 4.96. The van der Waals surface area contributed by atoms with Crippen LogP contribution in [0.15, 0.2) is 24.3 Å². The largest absolute Gasteiger partial charge is 0.356 e. The SMILES string of the molecule is Cc1ccc(CCCC(=O)NCCC(C)N)cc1. The van der Waals surface area contributed by atoms with Crippen LogP contribution < -0.4 is 11.1 Å². The first-order chi connectivity index (χ1) is 8.58. The maximum atomic E-state index is 11.5. The molecule has 1 aromatic carbocycles. The van der Waals surface area contributed by atoms with Crippen LogP contribution in [0.25, 0.3) is 0 Å². The fraction of sp³-hybridized carbons (Fsp3) is 0.533.